The molecular formula is C16H24N2O3S. The fourth-order valence-corrected chi connectivity index (χ4v) is 3.96. The second-order valence-electron chi connectivity index (χ2n) is 5.94. The lowest BCUT2D eigenvalue weighted by Gasteiger charge is -2.32. The van der Waals surface area contributed by atoms with E-state index in [9.17, 15) is 13.2 Å². The normalized spacial score (nSPS) is 21.3. The molecule has 2 unspecified atom stereocenters. The third-order valence-corrected chi connectivity index (χ3v) is 5.42. The number of rotatable bonds is 5. The van der Waals surface area contributed by atoms with Gasteiger partial charge in [0.25, 0.3) is 0 Å². The predicted molar refractivity (Wildman–Crippen MR) is 87.1 cm³/mol. The van der Waals surface area contributed by atoms with Crippen molar-refractivity contribution in [2.24, 2.45) is 0 Å². The molecule has 22 heavy (non-hydrogen) atoms. The lowest BCUT2D eigenvalue weighted by Crippen LogP contribution is -2.51. The topological polar surface area (TPSA) is 66.5 Å². The van der Waals surface area contributed by atoms with Gasteiger partial charge in [-0.15, -0.1) is 0 Å². The average Bonchev–Trinajstić information content (AvgIpc) is 2.52. The van der Waals surface area contributed by atoms with E-state index in [1.807, 2.05) is 37.3 Å². The number of carbonyl (C=O) groups excluding carboxylic acids is 1. The quantitative estimate of drug-likeness (QED) is 0.897. The number of nitrogens with one attached hydrogen (secondary N) is 1. The highest BCUT2D eigenvalue weighted by Crippen LogP contribution is 2.20. The van der Waals surface area contributed by atoms with E-state index in [4.69, 9.17) is 0 Å². The summed E-state index contributed by atoms with van der Waals surface area (Å²) in [5, 5.41) is 2.91. The highest BCUT2D eigenvalue weighted by Gasteiger charge is 2.34. The van der Waals surface area contributed by atoms with E-state index >= 15 is 0 Å². The third kappa shape index (κ3) is 4.30. The summed E-state index contributed by atoms with van der Waals surface area (Å²) in [4.78, 5) is 12.4. The fourth-order valence-electron chi connectivity index (χ4n) is 2.83. The van der Waals surface area contributed by atoms with Gasteiger partial charge in [0.1, 0.15) is 6.04 Å². The Balaban J connectivity index is 1.96. The summed E-state index contributed by atoms with van der Waals surface area (Å²) in [6, 6.07) is 9.40. The van der Waals surface area contributed by atoms with E-state index in [1.54, 1.807) is 0 Å². The minimum atomic E-state index is -3.34. The molecule has 1 fully saturated rings. The van der Waals surface area contributed by atoms with Gasteiger partial charge in [-0.25, -0.2) is 8.42 Å². The molecule has 0 radical (unpaired) electrons. The van der Waals surface area contributed by atoms with Crippen LogP contribution in [0.5, 0.6) is 0 Å². The van der Waals surface area contributed by atoms with Gasteiger partial charge in [0.05, 0.1) is 6.26 Å². The van der Waals surface area contributed by atoms with Crippen LogP contribution in [0, 0.1) is 0 Å². The smallest absolute Gasteiger partial charge is 0.238 e. The molecule has 1 aliphatic rings. The van der Waals surface area contributed by atoms with Crippen LogP contribution in [0.1, 0.15) is 37.7 Å². The summed E-state index contributed by atoms with van der Waals surface area (Å²) in [6.45, 7) is 2.99. The maximum Gasteiger partial charge on any atom is 0.238 e. The standard InChI is InChI=1S/C16H24N2O3S/c1-13(14-8-4-3-5-9-14)12-17-16(19)15-10-6-7-11-18(15)22(2,20)21/h3-5,8-9,13,15H,6-7,10-12H2,1-2H3,(H,17,19). The molecule has 1 amide bonds. The Hall–Kier alpha value is -1.40. The minimum absolute atomic E-state index is 0.187. The van der Waals surface area contributed by atoms with Gasteiger partial charge in [-0.2, -0.15) is 4.31 Å². The van der Waals surface area contributed by atoms with Crippen LogP contribution in [0.25, 0.3) is 0 Å². The van der Waals surface area contributed by atoms with Crippen molar-refractivity contribution in [3.05, 3.63) is 35.9 Å². The zero-order valence-electron chi connectivity index (χ0n) is 13.2. The molecule has 1 aromatic carbocycles. The molecule has 0 saturated carbocycles. The molecule has 2 rings (SSSR count). The van der Waals surface area contributed by atoms with Crippen LogP contribution in [0.3, 0.4) is 0 Å². The highest BCUT2D eigenvalue weighted by molar-refractivity contribution is 7.88. The summed E-state index contributed by atoms with van der Waals surface area (Å²) in [7, 11) is -3.34. The maximum atomic E-state index is 12.4. The number of benzene rings is 1. The number of piperidine rings is 1. The number of nitrogens with zero attached hydrogens (tertiary/aromatic N) is 1. The van der Waals surface area contributed by atoms with Crippen molar-refractivity contribution in [3.8, 4) is 0 Å². The number of hydrogen-bond donors (Lipinski definition) is 1. The Kier molecular flexibility index (Phi) is 5.58. The van der Waals surface area contributed by atoms with Crippen LogP contribution in [0.4, 0.5) is 0 Å². The van der Waals surface area contributed by atoms with Crippen LogP contribution < -0.4 is 5.32 Å². The van der Waals surface area contributed by atoms with Gasteiger partial charge in [0.2, 0.25) is 15.9 Å². The molecule has 0 aromatic heterocycles. The summed E-state index contributed by atoms with van der Waals surface area (Å²) < 4.78 is 24.9. The molecule has 1 aliphatic heterocycles. The Morgan fingerprint density at radius 2 is 2.00 bits per heavy atom. The lowest BCUT2D eigenvalue weighted by atomic mass is 10.0. The van der Waals surface area contributed by atoms with Crippen LogP contribution >= 0.6 is 0 Å². The van der Waals surface area contributed by atoms with Crippen LogP contribution in [0.15, 0.2) is 30.3 Å². The van der Waals surface area contributed by atoms with Crippen LogP contribution in [0.2, 0.25) is 0 Å². The molecule has 6 heteroatoms. The lowest BCUT2D eigenvalue weighted by molar-refractivity contribution is -0.125. The van der Waals surface area contributed by atoms with Gasteiger partial charge >= 0.3 is 0 Å². The van der Waals surface area contributed by atoms with Crippen molar-refractivity contribution in [1.29, 1.82) is 0 Å². The van der Waals surface area contributed by atoms with Crippen molar-refractivity contribution in [2.45, 2.75) is 38.1 Å². The number of hydrogen-bond acceptors (Lipinski definition) is 3. The molecule has 0 spiro atoms. The van der Waals surface area contributed by atoms with E-state index in [0.717, 1.165) is 18.4 Å². The molecule has 1 N–H and O–H groups in total. The van der Waals surface area contributed by atoms with E-state index < -0.39 is 16.1 Å². The Morgan fingerprint density at radius 3 is 2.64 bits per heavy atom. The number of sulfonamides is 1. The second kappa shape index (κ2) is 7.24. The number of carbonyl (C=O) groups is 1. The Morgan fingerprint density at radius 1 is 1.32 bits per heavy atom. The predicted octanol–water partition coefficient (Wildman–Crippen LogP) is 1.72. The Bertz CT molecular complexity index is 601. The van der Waals surface area contributed by atoms with E-state index in [2.05, 4.69) is 5.32 Å². The third-order valence-electron chi connectivity index (χ3n) is 4.13. The van der Waals surface area contributed by atoms with Gasteiger partial charge in [0.15, 0.2) is 0 Å². The first-order valence-corrected chi connectivity index (χ1v) is 9.54. The molecule has 0 aliphatic carbocycles. The van der Waals surface area contributed by atoms with E-state index in [1.165, 1.54) is 10.6 Å². The van der Waals surface area contributed by atoms with Crippen molar-refractivity contribution in [3.63, 3.8) is 0 Å². The SMILES string of the molecule is CC(CNC(=O)C1CCCCN1S(C)(=O)=O)c1ccccc1. The second-order valence-corrected chi connectivity index (χ2v) is 7.88. The van der Waals surface area contributed by atoms with Gasteiger partial charge < -0.3 is 5.32 Å². The zero-order valence-corrected chi connectivity index (χ0v) is 14.0. The Labute approximate surface area is 132 Å². The van der Waals surface area contributed by atoms with Gasteiger partial charge in [-0.1, -0.05) is 43.7 Å². The maximum absolute atomic E-state index is 12.4. The molecule has 1 aromatic rings. The fraction of sp³-hybridized carbons (Fsp3) is 0.562. The van der Waals surface area contributed by atoms with Crippen LogP contribution in [-0.4, -0.2) is 44.0 Å². The first-order valence-electron chi connectivity index (χ1n) is 7.69. The molecule has 5 nitrogen and oxygen atoms in total. The highest BCUT2D eigenvalue weighted by atomic mass is 32.2. The zero-order chi connectivity index (χ0) is 16.2. The molecule has 1 saturated heterocycles. The minimum Gasteiger partial charge on any atom is -0.354 e. The molecule has 122 valence electrons. The summed E-state index contributed by atoms with van der Waals surface area (Å²) in [6.07, 6.45) is 3.47. The summed E-state index contributed by atoms with van der Waals surface area (Å²) in [5.41, 5.74) is 1.16. The molecule has 1 heterocycles. The number of amides is 1. The summed E-state index contributed by atoms with van der Waals surface area (Å²) in [5.74, 6) is 0.00771. The largest absolute Gasteiger partial charge is 0.354 e. The molecular weight excluding hydrogens is 300 g/mol. The molecule has 2 atom stereocenters. The van der Waals surface area contributed by atoms with Crippen molar-refractivity contribution in [1.82, 2.24) is 9.62 Å². The van der Waals surface area contributed by atoms with Gasteiger partial charge in [-0.3, -0.25) is 4.79 Å². The van der Waals surface area contributed by atoms with E-state index in [-0.39, 0.29) is 11.8 Å². The van der Waals surface area contributed by atoms with Gasteiger partial charge in [-0.05, 0) is 24.3 Å². The average molecular weight is 324 g/mol. The van der Waals surface area contributed by atoms with Crippen LogP contribution in [-0.2, 0) is 14.8 Å². The van der Waals surface area contributed by atoms with Gasteiger partial charge in [0, 0.05) is 13.1 Å². The van der Waals surface area contributed by atoms with E-state index in [0.29, 0.717) is 19.5 Å². The summed E-state index contributed by atoms with van der Waals surface area (Å²) >= 11 is 0. The molecule has 0 bridgehead atoms. The first kappa shape index (κ1) is 17.0. The monoisotopic (exact) mass is 324 g/mol. The first-order chi connectivity index (χ1) is 10.4. The van der Waals surface area contributed by atoms with Crippen molar-refractivity contribution in [2.75, 3.05) is 19.3 Å². The van der Waals surface area contributed by atoms with Crippen molar-refractivity contribution >= 4 is 15.9 Å². The van der Waals surface area contributed by atoms with Crippen molar-refractivity contribution < 1.29 is 13.2 Å².